The summed E-state index contributed by atoms with van der Waals surface area (Å²) in [4.78, 5) is 12.1. The lowest BCUT2D eigenvalue weighted by molar-refractivity contribution is -0.148. The minimum Gasteiger partial charge on any atom is -0.494 e. The summed E-state index contributed by atoms with van der Waals surface area (Å²) >= 11 is 0. The zero-order valence-electron chi connectivity index (χ0n) is 23.9. The van der Waals surface area contributed by atoms with Gasteiger partial charge in [-0.3, -0.25) is 4.79 Å². The van der Waals surface area contributed by atoms with Gasteiger partial charge in [0.05, 0.1) is 6.61 Å². The summed E-state index contributed by atoms with van der Waals surface area (Å²) in [7, 11) is 0. The molecule has 0 amide bonds. The molecule has 3 nitrogen and oxygen atoms in total. The molecule has 2 aromatic rings. The molecule has 0 bridgehead atoms. The van der Waals surface area contributed by atoms with E-state index in [4.69, 9.17) is 9.47 Å². The Balaban J connectivity index is 1.62. The topological polar surface area (TPSA) is 35.5 Å². The Morgan fingerprint density at radius 2 is 1.08 bits per heavy atom. The first kappa shape index (κ1) is 30.9. The van der Waals surface area contributed by atoms with E-state index >= 15 is 0 Å². The number of hydrogen-bond donors (Lipinski definition) is 0. The van der Waals surface area contributed by atoms with Crippen molar-refractivity contribution >= 4 is 5.97 Å². The second-order valence-corrected chi connectivity index (χ2v) is 10.5. The fourth-order valence-electron chi connectivity index (χ4n) is 4.67. The molecule has 0 radical (unpaired) electrons. The number of carbonyl (C=O) groups excluding carboxylic acids is 1. The van der Waals surface area contributed by atoms with Crippen LogP contribution in [0.4, 0.5) is 0 Å². The Hall–Kier alpha value is -2.29. The van der Waals surface area contributed by atoms with E-state index in [-0.39, 0.29) is 12.1 Å². The van der Waals surface area contributed by atoms with Gasteiger partial charge in [-0.2, -0.15) is 0 Å². The van der Waals surface area contributed by atoms with Gasteiger partial charge in [0, 0.05) is 6.42 Å². The van der Waals surface area contributed by atoms with E-state index < -0.39 is 0 Å². The SMILES string of the molecule is CCCCCCCCCCCCCOc1ccc(-c2ccc(C(C)OC(=O)CCCCCC)cc2)cc1. The maximum Gasteiger partial charge on any atom is 0.306 e. The van der Waals surface area contributed by atoms with E-state index in [1.165, 1.54) is 77.0 Å². The van der Waals surface area contributed by atoms with Crippen molar-refractivity contribution in [2.45, 2.75) is 130 Å². The molecular formula is C34H52O3. The van der Waals surface area contributed by atoms with Crippen LogP contribution in [0.15, 0.2) is 48.5 Å². The fourth-order valence-corrected chi connectivity index (χ4v) is 4.67. The summed E-state index contributed by atoms with van der Waals surface area (Å²) in [5, 5.41) is 0. The molecule has 2 aromatic carbocycles. The number of esters is 1. The van der Waals surface area contributed by atoms with E-state index in [0.29, 0.717) is 6.42 Å². The minimum atomic E-state index is -0.223. The van der Waals surface area contributed by atoms with Crippen LogP contribution in [-0.4, -0.2) is 12.6 Å². The van der Waals surface area contributed by atoms with Crippen molar-refractivity contribution in [2.24, 2.45) is 0 Å². The second kappa shape index (κ2) is 19.8. The van der Waals surface area contributed by atoms with Crippen molar-refractivity contribution in [3.05, 3.63) is 54.1 Å². The average molecular weight is 509 g/mol. The molecule has 1 atom stereocenters. The van der Waals surface area contributed by atoms with Gasteiger partial charge in [0.15, 0.2) is 0 Å². The molecule has 0 saturated heterocycles. The van der Waals surface area contributed by atoms with Gasteiger partial charge < -0.3 is 9.47 Å². The monoisotopic (exact) mass is 508 g/mol. The zero-order chi connectivity index (χ0) is 26.6. The van der Waals surface area contributed by atoms with Crippen LogP contribution < -0.4 is 4.74 Å². The standard InChI is InChI=1S/C34H52O3/c1-4-6-8-10-11-12-13-14-15-16-18-28-36-33-26-24-32(25-27-33)31-22-20-30(21-23-31)29(3)37-34(35)19-17-9-7-5-2/h20-27,29H,4-19,28H2,1-3H3. The predicted octanol–water partition coefficient (Wildman–Crippen LogP) is 10.6. The Morgan fingerprint density at radius 1 is 0.622 bits per heavy atom. The van der Waals surface area contributed by atoms with Crippen LogP contribution in [0.5, 0.6) is 5.75 Å². The predicted molar refractivity (Wildman–Crippen MR) is 157 cm³/mol. The molecular weight excluding hydrogens is 456 g/mol. The van der Waals surface area contributed by atoms with Gasteiger partial charge in [-0.25, -0.2) is 0 Å². The van der Waals surface area contributed by atoms with Crippen LogP contribution in [0.2, 0.25) is 0 Å². The maximum atomic E-state index is 12.1. The highest BCUT2D eigenvalue weighted by molar-refractivity contribution is 5.69. The number of ether oxygens (including phenoxy) is 2. The maximum absolute atomic E-state index is 12.1. The Kier molecular flexibility index (Phi) is 16.5. The van der Waals surface area contributed by atoms with E-state index in [1.807, 2.05) is 6.92 Å². The third-order valence-electron chi connectivity index (χ3n) is 7.13. The fraction of sp³-hybridized carbons (Fsp3) is 0.618. The highest BCUT2D eigenvalue weighted by atomic mass is 16.5. The van der Waals surface area contributed by atoms with Crippen LogP contribution in [0.3, 0.4) is 0 Å². The van der Waals surface area contributed by atoms with Gasteiger partial charge in [0.2, 0.25) is 0 Å². The van der Waals surface area contributed by atoms with Crippen molar-refractivity contribution in [2.75, 3.05) is 6.61 Å². The van der Waals surface area contributed by atoms with Crippen LogP contribution in [-0.2, 0) is 9.53 Å². The van der Waals surface area contributed by atoms with E-state index in [0.717, 1.165) is 48.3 Å². The molecule has 0 aromatic heterocycles. The Labute approximate surface area is 227 Å². The zero-order valence-corrected chi connectivity index (χ0v) is 23.9. The molecule has 0 spiro atoms. The average Bonchev–Trinajstić information content (AvgIpc) is 2.92. The first-order valence-electron chi connectivity index (χ1n) is 15.2. The third kappa shape index (κ3) is 13.7. The smallest absolute Gasteiger partial charge is 0.306 e. The summed E-state index contributed by atoms with van der Waals surface area (Å²) in [6.45, 7) is 7.19. The van der Waals surface area contributed by atoms with Crippen LogP contribution >= 0.6 is 0 Å². The largest absolute Gasteiger partial charge is 0.494 e. The van der Waals surface area contributed by atoms with Crippen molar-refractivity contribution in [3.63, 3.8) is 0 Å². The van der Waals surface area contributed by atoms with E-state index in [9.17, 15) is 4.79 Å². The highest BCUT2D eigenvalue weighted by Gasteiger charge is 2.12. The molecule has 2 rings (SSSR count). The summed E-state index contributed by atoms with van der Waals surface area (Å²) in [5.74, 6) is 0.836. The molecule has 206 valence electrons. The molecule has 0 aliphatic heterocycles. The van der Waals surface area contributed by atoms with Crippen molar-refractivity contribution < 1.29 is 14.3 Å². The lowest BCUT2D eigenvalue weighted by Crippen LogP contribution is -2.08. The minimum absolute atomic E-state index is 0.101. The number of benzene rings is 2. The lowest BCUT2D eigenvalue weighted by atomic mass is 10.0. The molecule has 0 fully saturated rings. The number of unbranched alkanes of at least 4 members (excludes halogenated alkanes) is 13. The van der Waals surface area contributed by atoms with Gasteiger partial charge in [0.1, 0.15) is 11.9 Å². The number of rotatable bonds is 21. The van der Waals surface area contributed by atoms with Gasteiger partial charge in [0.25, 0.3) is 0 Å². The first-order chi connectivity index (χ1) is 18.1. The molecule has 0 heterocycles. The lowest BCUT2D eigenvalue weighted by Gasteiger charge is -2.14. The summed E-state index contributed by atoms with van der Waals surface area (Å²) in [6, 6.07) is 16.7. The van der Waals surface area contributed by atoms with Crippen molar-refractivity contribution in [1.82, 2.24) is 0 Å². The van der Waals surface area contributed by atoms with Gasteiger partial charge in [-0.15, -0.1) is 0 Å². The normalized spacial score (nSPS) is 11.9. The van der Waals surface area contributed by atoms with Crippen LogP contribution in [0.1, 0.15) is 135 Å². The Morgan fingerprint density at radius 3 is 1.62 bits per heavy atom. The van der Waals surface area contributed by atoms with E-state index in [2.05, 4.69) is 62.4 Å². The molecule has 37 heavy (non-hydrogen) atoms. The molecule has 0 aliphatic carbocycles. The quantitative estimate of drug-likeness (QED) is 0.124. The van der Waals surface area contributed by atoms with E-state index in [1.54, 1.807) is 0 Å². The summed E-state index contributed by atoms with van der Waals surface area (Å²) < 4.78 is 11.6. The van der Waals surface area contributed by atoms with Gasteiger partial charge >= 0.3 is 5.97 Å². The molecule has 0 aliphatic rings. The van der Waals surface area contributed by atoms with Crippen LogP contribution in [0.25, 0.3) is 11.1 Å². The van der Waals surface area contributed by atoms with Gasteiger partial charge in [-0.05, 0) is 48.6 Å². The van der Waals surface area contributed by atoms with Gasteiger partial charge in [-0.1, -0.05) is 134 Å². The third-order valence-corrected chi connectivity index (χ3v) is 7.13. The molecule has 0 N–H and O–H groups in total. The summed E-state index contributed by atoms with van der Waals surface area (Å²) in [6.07, 6.45) is 19.5. The molecule has 0 saturated carbocycles. The molecule has 3 heteroatoms. The number of hydrogen-bond acceptors (Lipinski definition) is 3. The van der Waals surface area contributed by atoms with Crippen molar-refractivity contribution in [1.29, 1.82) is 0 Å². The Bertz CT molecular complexity index is 825. The highest BCUT2D eigenvalue weighted by Crippen LogP contribution is 2.26. The first-order valence-corrected chi connectivity index (χ1v) is 15.2. The summed E-state index contributed by atoms with van der Waals surface area (Å²) in [5.41, 5.74) is 3.34. The van der Waals surface area contributed by atoms with Crippen LogP contribution in [0, 0.1) is 0 Å². The van der Waals surface area contributed by atoms with Crippen molar-refractivity contribution in [3.8, 4) is 16.9 Å². The second-order valence-electron chi connectivity index (χ2n) is 10.5. The number of carbonyl (C=O) groups is 1. The molecule has 1 unspecified atom stereocenters.